The Morgan fingerprint density at radius 3 is 2.55 bits per heavy atom. The molecule has 2 aromatic rings. The molecule has 102 valence electrons. The van der Waals surface area contributed by atoms with E-state index in [0.29, 0.717) is 5.69 Å². The average molecular weight is 312 g/mol. The maximum Gasteiger partial charge on any atom is 0.161 e. The summed E-state index contributed by atoms with van der Waals surface area (Å²) < 4.78 is 13.1. The second-order valence-corrected chi connectivity index (χ2v) is 4.53. The van der Waals surface area contributed by atoms with Gasteiger partial charge < -0.3 is 10.7 Å². The molecule has 0 bridgehead atoms. The van der Waals surface area contributed by atoms with Crippen LogP contribution in [0.4, 0.5) is 21.7 Å². The zero-order valence-electron chi connectivity index (χ0n) is 9.92. The predicted octanol–water partition coefficient (Wildman–Crippen LogP) is 3.43. The highest BCUT2D eigenvalue weighted by atomic mass is 35.5. The van der Waals surface area contributed by atoms with Gasteiger partial charge in [0, 0.05) is 0 Å². The molecule has 0 saturated heterocycles. The number of nitrogens with zero attached hydrogens (tertiary/aromatic N) is 2. The van der Waals surface area contributed by atoms with Crippen LogP contribution in [-0.4, -0.2) is 4.98 Å². The zero-order chi connectivity index (χ0) is 14.7. The average Bonchev–Trinajstić information content (AvgIpc) is 2.43. The van der Waals surface area contributed by atoms with Crippen LogP contribution in [0.3, 0.4) is 0 Å². The number of nitriles is 1. The van der Waals surface area contributed by atoms with E-state index in [-0.39, 0.29) is 27.2 Å². The molecule has 4 N–H and O–H groups in total. The number of aromatic nitrogens is 1. The fourth-order valence-corrected chi connectivity index (χ4v) is 1.96. The van der Waals surface area contributed by atoms with E-state index in [4.69, 9.17) is 34.3 Å². The lowest BCUT2D eigenvalue weighted by molar-refractivity contribution is 0.627. The number of hydrogen-bond acceptors (Lipinski definition) is 5. The highest BCUT2D eigenvalue weighted by molar-refractivity contribution is 6.37. The molecule has 1 aromatic carbocycles. The third kappa shape index (κ3) is 2.91. The fraction of sp³-hybridized carbons (Fsp3) is 0. The van der Waals surface area contributed by atoms with E-state index in [9.17, 15) is 4.39 Å². The second kappa shape index (κ2) is 5.92. The summed E-state index contributed by atoms with van der Waals surface area (Å²) in [6.45, 7) is 0. The van der Waals surface area contributed by atoms with Gasteiger partial charge in [-0.25, -0.2) is 15.2 Å². The van der Waals surface area contributed by atoms with Gasteiger partial charge in [-0.2, -0.15) is 5.26 Å². The first kappa shape index (κ1) is 14.3. The molecule has 0 saturated carbocycles. The molecular weight excluding hydrogens is 304 g/mol. The first-order valence-corrected chi connectivity index (χ1v) is 6.10. The minimum atomic E-state index is -0.508. The fourth-order valence-electron chi connectivity index (χ4n) is 1.50. The number of rotatable bonds is 3. The molecule has 0 aliphatic heterocycles. The number of nitrogens with one attached hydrogen (secondary N) is 2. The Morgan fingerprint density at radius 1 is 1.20 bits per heavy atom. The van der Waals surface area contributed by atoms with Crippen molar-refractivity contribution in [2.45, 2.75) is 0 Å². The molecule has 0 radical (unpaired) electrons. The Kier molecular flexibility index (Phi) is 4.25. The Labute approximate surface area is 124 Å². The van der Waals surface area contributed by atoms with Crippen molar-refractivity contribution in [3.05, 3.63) is 45.7 Å². The van der Waals surface area contributed by atoms with Crippen molar-refractivity contribution in [1.82, 2.24) is 4.98 Å². The minimum Gasteiger partial charge on any atom is -0.338 e. The zero-order valence-corrected chi connectivity index (χ0v) is 11.4. The molecule has 1 aromatic heterocycles. The molecule has 5 nitrogen and oxygen atoms in total. The smallest absolute Gasteiger partial charge is 0.161 e. The van der Waals surface area contributed by atoms with Crippen LogP contribution in [0.5, 0.6) is 0 Å². The Balaban J connectivity index is 2.43. The van der Waals surface area contributed by atoms with Crippen molar-refractivity contribution < 1.29 is 4.39 Å². The molecule has 20 heavy (non-hydrogen) atoms. The van der Waals surface area contributed by atoms with Crippen LogP contribution in [-0.2, 0) is 0 Å². The van der Waals surface area contributed by atoms with Gasteiger partial charge in [0.05, 0.1) is 21.3 Å². The van der Waals surface area contributed by atoms with Crippen LogP contribution in [0, 0.1) is 17.1 Å². The van der Waals surface area contributed by atoms with E-state index >= 15 is 0 Å². The van der Waals surface area contributed by atoms with Crippen LogP contribution >= 0.6 is 23.2 Å². The maximum absolute atomic E-state index is 13.1. The third-order valence-corrected chi connectivity index (χ3v) is 3.00. The van der Waals surface area contributed by atoms with E-state index in [2.05, 4.69) is 15.7 Å². The van der Waals surface area contributed by atoms with Crippen LogP contribution in [0.2, 0.25) is 10.0 Å². The number of benzene rings is 1. The van der Waals surface area contributed by atoms with Gasteiger partial charge >= 0.3 is 0 Å². The number of hydrazine groups is 1. The highest BCUT2D eigenvalue weighted by Gasteiger charge is 2.11. The van der Waals surface area contributed by atoms with Crippen molar-refractivity contribution in [2.24, 2.45) is 5.84 Å². The summed E-state index contributed by atoms with van der Waals surface area (Å²) in [4.78, 5) is 4.07. The number of nitrogen functional groups attached to an aromatic ring is 1. The molecule has 0 spiro atoms. The summed E-state index contributed by atoms with van der Waals surface area (Å²) in [7, 11) is 0. The summed E-state index contributed by atoms with van der Waals surface area (Å²) in [5, 5.41) is 12.3. The van der Waals surface area contributed by atoms with Gasteiger partial charge in [0.1, 0.15) is 11.9 Å². The number of halogens is 3. The van der Waals surface area contributed by atoms with Gasteiger partial charge in [0.15, 0.2) is 11.6 Å². The molecule has 0 amide bonds. The van der Waals surface area contributed by atoms with Gasteiger partial charge in [0.25, 0.3) is 0 Å². The van der Waals surface area contributed by atoms with Gasteiger partial charge in [-0.05, 0) is 24.3 Å². The third-order valence-electron chi connectivity index (χ3n) is 2.42. The van der Waals surface area contributed by atoms with E-state index < -0.39 is 5.82 Å². The van der Waals surface area contributed by atoms with Crippen LogP contribution in [0.1, 0.15) is 5.56 Å². The minimum absolute atomic E-state index is 0.125. The van der Waals surface area contributed by atoms with E-state index in [1.165, 1.54) is 18.2 Å². The molecule has 0 aliphatic carbocycles. The molecular formula is C12H8Cl2FN5. The molecule has 2 rings (SSSR count). The van der Waals surface area contributed by atoms with E-state index in [1.807, 2.05) is 6.07 Å². The van der Waals surface area contributed by atoms with Gasteiger partial charge in [-0.1, -0.05) is 23.2 Å². The summed E-state index contributed by atoms with van der Waals surface area (Å²) in [5.74, 6) is 5.23. The van der Waals surface area contributed by atoms with Crippen LogP contribution in [0.15, 0.2) is 24.3 Å². The normalized spacial score (nSPS) is 9.95. The van der Waals surface area contributed by atoms with Crippen molar-refractivity contribution in [2.75, 3.05) is 10.7 Å². The maximum atomic E-state index is 13.1. The summed E-state index contributed by atoms with van der Waals surface area (Å²) >= 11 is 11.9. The largest absolute Gasteiger partial charge is 0.338 e. The first-order valence-electron chi connectivity index (χ1n) is 5.34. The molecule has 0 atom stereocenters. The van der Waals surface area contributed by atoms with Crippen LogP contribution < -0.4 is 16.6 Å². The molecule has 0 fully saturated rings. The number of nitrogens with two attached hydrogens (primary N) is 1. The van der Waals surface area contributed by atoms with E-state index in [0.717, 1.165) is 6.07 Å². The Hall–Kier alpha value is -2.07. The first-order chi connectivity index (χ1) is 9.55. The van der Waals surface area contributed by atoms with E-state index in [1.54, 1.807) is 0 Å². The topological polar surface area (TPSA) is 86.8 Å². The SMILES string of the molecule is N#Cc1cc(F)ccc1Nc1nc(NN)c(Cl)cc1Cl. The number of hydrogen-bond donors (Lipinski definition) is 3. The van der Waals surface area contributed by atoms with Crippen molar-refractivity contribution in [1.29, 1.82) is 5.26 Å². The van der Waals surface area contributed by atoms with Crippen molar-refractivity contribution in [3.63, 3.8) is 0 Å². The summed E-state index contributed by atoms with van der Waals surface area (Å²) in [6.07, 6.45) is 0. The molecule has 8 heteroatoms. The Bertz CT molecular complexity index is 699. The second-order valence-electron chi connectivity index (χ2n) is 3.72. The molecule has 0 unspecified atom stereocenters. The summed E-state index contributed by atoms with van der Waals surface area (Å²) in [6, 6.07) is 7.06. The highest BCUT2D eigenvalue weighted by Crippen LogP contribution is 2.31. The van der Waals surface area contributed by atoms with Gasteiger partial charge in [0.2, 0.25) is 0 Å². The van der Waals surface area contributed by atoms with Crippen molar-refractivity contribution >= 4 is 40.5 Å². The standard InChI is InChI=1S/C12H8Cl2FN5/c13-8-4-9(14)12(20-17)19-11(8)18-10-2-1-7(15)3-6(10)5-16/h1-4H,17H2,(H2,18,19,20). The lowest BCUT2D eigenvalue weighted by Crippen LogP contribution is -2.10. The lowest BCUT2D eigenvalue weighted by atomic mass is 10.2. The lowest BCUT2D eigenvalue weighted by Gasteiger charge is -2.11. The van der Waals surface area contributed by atoms with Crippen molar-refractivity contribution in [3.8, 4) is 6.07 Å². The quantitative estimate of drug-likeness (QED) is 0.597. The Morgan fingerprint density at radius 2 is 1.90 bits per heavy atom. The van der Waals surface area contributed by atoms with Crippen LogP contribution in [0.25, 0.3) is 0 Å². The van der Waals surface area contributed by atoms with Gasteiger partial charge in [-0.15, -0.1) is 0 Å². The number of pyridine rings is 1. The molecule has 0 aliphatic rings. The number of anilines is 3. The predicted molar refractivity (Wildman–Crippen MR) is 76.5 cm³/mol. The van der Waals surface area contributed by atoms with Gasteiger partial charge in [-0.3, -0.25) is 0 Å². The summed E-state index contributed by atoms with van der Waals surface area (Å²) in [5.41, 5.74) is 2.81. The monoisotopic (exact) mass is 311 g/mol. The molecule has 1 heterocycles.